The highest BCUT2D eigenvalue weighted by Gasteiger charge is 2.26. The first kappa shape index (κ1) is 19.6. The van der Waals surface area contributed by atoms with Gasteiger partial charge >= 0.3 is 0 Å². The number of carbonyl (C=O) groups excluding carboxylic acids is 1. The highest BCUT2D eigenvalue weighted by atomic mass is 16.5. The van der Waals surface area contributed by atoms with Crippen molar-refractivity contribution in [3.05, 3.63) is 23.8 Å². The van der Waals surface area contributed by atoms with Crippen molar-refractivity contribution in [2.45, 2.75) is 39.7 Å². The molecule has 1 saturated heterocycles. The number of hydrogen-bond acceptors (Lipinski definition) is 4. The van der Waals surface area contributed by atoms with Gasteiger partial charge in [0, 0.05) is 18.0 Å². The number of nitrogens with zero attached hydrogens (tertiary/aromatic N) is 1. The normalized spacial score (nSPS) is 17.4. The predicted octanol–water partition coefficient (Wildman–Crippen LogP) is 3.25. The Morgan fingerprint density at radius 2 is 1.88 bits per heavy atom. The van der Waals surface area contributed by atoms with Crippen molar-refractivity contribution in [2.24, 2.45) is 11.8 Å². The van der Waals surface area contributed by atoms with Crippen LogP contribution in [0.5, 0.6) is 11.5 Å². The van der Waals surface area contributed by atoms with E-state index in [4.69, 9.17) is 9.47 Å². The number of amides is 1. The number of nitrogens with one attached hydrogen (secondary N) is 1. The van der Waals surface area contributed by atoms with E-state index in [1.54, 1.807) is 14.2 Å². The van der Waals surface area contributed by atoms with Crippen LogP contribution in [-0.4, -0.2) is 44.7 Å². The van der Waals surface area contributed by atoms with Crippen LogP contribution in [0, 0.1) is 11.8 Å². The average Bonchev–Trinajstić information content (AvgIpc) is 2.61. The molecule has 2 rings (SSSR count). The van der Waals surface area contributed by atoms with Crippen LogP contribution in [0.3, 0.4) is 0 Å². The van der Waals surface area contributed by atoms with E-state index in [0.29, 0.717) is 5.92 Å². The molecule has 1 aliphatic rings. The van der Waals surface area contributed by atoms with Crippen LogP contribution in [0.25, 0.3) is 0 Å². The van der Waals surface area contributed by atoms with Gasteiger partial charge < -0.3 is 19.7 Å². The number of methoxy groups -OCH3 is 2. The molecule has 0 unspecified atom stereocenters. The van der Waals surface area contributed by atoms with Crippen LogP contribution in [0.15, 0.2) is 18.2 Å². The zero-order valence-corrected chi connectivity index (χ0v) is 16.2. The third kappa shape index (κ3) is 5.36. The molecule has 0 aromatic heterocycles. The smallest absolute Gasteiger partial charge is 0.223 e. The molecular weight excluding hydrogens is 316 g/mol. The Labute approximate surface area is 151 Å². The second-order valence-electron chi connectivity index (χ2n) is 7.31. The number of piperidine rings is 1. The molecule has 5 heteroatoms. The topological polar surface area (TPSA) is 50.8 Å². The average molecular weight is 348 g/mol. The lowest BCUT2D eigenvalue weighted by Gasteiger charge is -2.32. The van der Waals surface area contributed by atoms with Gasteiger partial charge in [-0.1, -0.05) is 13.8 Å². The maximum atomic E-state index is 12.7. The molecule has 0 aliphatic carbocycles. The number of carbonyl (C=O) groups is 1. The molecule has 1 aliphatic heterocycles. The summed E-state index contributed by atoms with van der Waals surface area (Å²) in [4.78, 5) is 15.1. The SMILES string of the molecule is COc1ccc(OC)c([C@@H](C)NC(=O)C2CCN(CC(C)C)CC2)c1. The van der Waals surface area contributed by atoms with Crippen LogP contribution in [0.4, 0.5) is 0 Å². The predicted molar refractivity (Wildman–Crippen MR) is 100 cm³/mol. The van der Waals surface area contributed by atoms with E-state index in [-0.39, 0.29) is 17.9 Å². The summed E-state index contributed by atoms with van der Waals surface area (Å²) in [5, 5.41) is 3.15. The molecule has 1 amide bonds. The van der Waals surface area contributed by atoms with Gasteiger partial charge in [-0.05, 0) is 57.0 Å². The lowest BCUT2D eigenvalue weighted by atomic mass is 9.94. The minimum absolute atomic E-state index is 0.0995. The van der Waals surface area contributed by atoms with E-state index in [1.807, 2.05) is 25.1 Å². The Morgan fingerprint density at radius 3 is 2.44 bits per heavy atom. The molecule has 0 bridgehead atoms. The van der Waals surface area contributed by atoms with Gasteiger partial charge in [-0.2, -0.15) is 0 Å². The summed E-state index contributed by atoms with van der Waals surface area (Å²) in [5.41, 5.74) is 0.937. The number of benzene rings is 1. The zero-order chi connectivity index (χ0) is 18.4. The Kier molecular flexibility index (Phi) is 7.12. The molecule has 140 valence electrons. The van der Waals surface area contributed by atoms with Gasteiger partial charge in [0.15, 0.2) is 0 Å². The Bertz CT molecular complexity index is 566. The standard InChI is InChI=1S/C20H32N2O3/c1-14(2)13-22-10-8-16(9-11-22)20(23)21-15(3)18-12-17(24-4)6-7-19(18)25-5/h6-7,12,14-16H,8-11,13H2,1-5H3,(H,21,23)/t15-/m1/s1. The quantitative estimate of drug-likeness (QED) is 0.822. The highest BCUT2D eigenvalue weighted by molar-refractivity contribution is 5.79. The summed E-state index contributed by atoms with van der Waals surface area (Å²) in [6.07, 6.45) is 1.86. The van der Waals surface area contributed by atoms with Crippen LogP contribution in [-0.2, 0) is 4.79 Å². The van der Waals surface area contributed by atoms with Crippen molar-refractivity contribution < 1.29 is 14.3 Å². The maximum absolute atomic E-state index is 12.7. The van der Waals surface area contributed by atoms with E-state index in [0.717, 1.165) is 49.5 Å². The molecule has 1 fully saturated rings. The minimum atomic E-state index is -0.119. The van der Waals surface area contributed by atoms with Crippen LogP contribution < -0.4 is 14.8 Å². The van der Waals surface area contributed by atoms with Gasteiger partial charge in [0.2, 0.25) is 5.91 Å². The lowest BCUT2D eigenvalue weighted by Crippen LogP contribution is -2.42. The summed E-state index contributed by atoms with van der Waals surface area (Å²) < 4.78 is 10.7. The van der Waals surface area contributed by atoms with E-state index in [9.17, 15) is 4.79 Å². The van der Waals surface area contributed by atoms with Crippen molar-refractivity contribution >= 4 is 5.91 Å². The molecule has 25 heavy (non-hydrogen) atoms. The molecule has 1 aromatic carbocycles. The van der Waals surface area contributed by atoms with E-state index in [1.165, 1.54) is 0 Å². The first-order valence-corrected chi connectivity index (χ1v) is 9.19. The fourth-order valence-electron chi connectivity index (χ4n) is 3.48. The van der Waals surface area contributed by atoms with E-state index < -0.39 is 0 Å². The molecule has 0 radical (unpaired) electrons. The Hall–Kier alpha value is -1.75. The first-order chi connectivity index (χ1) is 11.9. The number of hydrogen-bond donors (Lipinski definition) is 1. The lowest BCUT2D eigenvalue weighted by molar-refractivity contribution is -0.127. The summed E-state index contributed by atoms with van der Waals surface area (Å²) in [5.74, 6) is 2.44. The summed E-state index contributed by atoms with van der Waals surface area (Å²) in [6.45, 7) is 9.60. The Balaban J connectivity index is 1.94. The fourth-order valence-corrected chi connectivity index (χ4v) is 3.48. The highest BCUT2D eigenvalue weighted by Crippen LogP contribution is 2.30. The zero-order valence-electron chi connectivity index (χ0n) is 16.2. The van der Waals surface area contributed by atoms with Crippen molar-refractivity contribution in [1.82, 2.24) is 10.2 Å². The number of likely N-dealkylation sites (tertiary alicyclic amines) is 1. The molecule has 0 saturated carbocycles. The van der Waals surface area contributed by atoms with Gasteiger partial charge in [-0.3, -0.25) is 4.79 Å². The number of rotatable bonds is 7. The van der Waals surface area contributed by atoms with Crippen LogP contribution in [0.1, 0.15) is 45.2 Å². The largest absolute Gasteiger partial charge is 0.497 e. The summed E-state index contributed by atoms with van der Waals surface area (Å²) in [6, 6.07) is 5.55. The summed E-state index contributed by atoms with van der Waals surface area (Å²) in [7, 11) is 3.28. The van der Waals surface area contributed by atoms with Crippen molar-refractivity contribution in [2.75, 3.05) is 33.9 Å². The minimum Gasteiger partial charge on any atom is -0.497 e. The number of ether oxygens (including phenoxy) is 2. The molecule has 1 heterocycles. The van der Waals surface area contributed by atoms with Gasteiger partial charge in [0.05, 0.1) is 20.3 Å². The van der Waals surface area contributed by atoms with E-state index >= 15 is 0 Å². The van der Waals surface area contributed by atoms with E-state index in [2.05, 4.69) is 24.1 Å². The molecular formula is C20H32N2O3. The van der Waals surface area contributed by atoms with Gasteiger partial charge in [-0.25, -0.2) is 0 Å². The molecule has 1 atom stereocenters. The van der Waals surface area contributed by atoms with Crippen LogP contribution in [0.2, 0.25) is 0 Å². The second kappa shape index (κ2) is 9.09. The van der Waals surface area contributed by atoms with Gasteiger partial charge in [0.25, 0.3) is 0 Å². The van der Waals surface area contributed by atoms with Gasteiger partial charge in [-0.15, -0.1) is 0 Å². The third-order valence-electron chi connectivity index (χ3n) is 4.84. The molecule has 1 N–H and O–H groups in total. The fraction of sp³-hybridized carbons (Fsp3) is 0.650. The van der Waals surface area contributed by atoms with Crippen molar-refractivity contribution in [3.63, 3.8) is 0 Å². The van der Waals surface area contributed by atoms with Crippen molar-refractivity contribution in [3.8, 4) is 11.5 Å². The first-order valence-electron chi connectivity index (χ1n) is 9.19. The molecule has 5 nitrogen and oxygen atoms in total. The van der Waals surface area contributed by atoms with Crippen LogP contribution >= 0.6 is 0 Å². The molecule has 1 aromatic rings. The van der Waals surface area contributed by atoms with Crippen molar-refractivity contribution in [1.29, 1.82) is 0 Å². The monoisotopic (exact) mass is 348 g/mol. The molecule has 0 spiro atoms. The second-order valence-corrected chi connectivity index (χ2v) is 7.31. The maximum Gasteiger partial charge on any atom is 0.223 e. The Morgan fingerprint density at radius 1 is 1.20 bits per heavy atom. The third-order valence-corrected chi connectivity index (χ3v) is 4.84. The van der Waals surface area contributed by atoms with Gasteiger partial charge in [0.1, 0.15) is 11.5 Å². The summed E-state index contributed by atoms with van der Waals surface area (Å²) >= 11 is 0.